The van der Waals surface area contributed by atoms with Crippen LogP contribution < -0.4 is 14.8 Å². The smallest absolute Gasteiger partial charge is 0.224 e. The van der Waals surface area contributed by atoms with Crippen molar-refractivity contribution in [1.29, 1.82) is 0 Å². The molecule has 3 aromatic carbocycles. The highest BCUT2D eigenvalue weighted by Crippen LogP contribution is 2.28. The number of rotatable bonds is 8. The molecule has 3 rings (SSSR count). The molecule has 0 heterocycles. The number of ketones is 1. The normalized spacial score (nSPS) is 10.4. The van der Waals surface area contributed by atoms with E-state index in [2.05, 4.69) is 5.32 Å². The molecular weight excluding hydrogens is 402 g/mol. The SMILES string of the molecule is COc1ccc(CCC(=O)Nc2ccc(Cl)cc2C(=O)c2ccccc2)cc1OC. The summed E-state index contributed by atoms with van der Waals surface area (Å²) >= 11 is 6.09. The summed E-state index contributed by atoms with van der Waals surface area (Å²) in [6.07, 6.45) is 0.763. The molecule has 0 saturated heterocycles. The number of hydrogen-bond donors (Lipinski definition) is 1. The zero-order chi connectivity index (χ0) is 21.5. The maximum Gasteiger partial charge on any atom is 0.224 e. The van der Waals surface area contributed by atoms with Crippen LogP contribution in [-0.4, -0.2) is 25.9 Å². The van der Waals surface area contributed by atoms with E-state index in [9.17, 15) is 9.59 Å². The molecule has 6 heteroatoms. The van der Waals surface area contributed by atoms with Gasteiger partial charge in [0.2, 0.25) is 5.91 Å². The van der Waals surface area contributed by atoms with Crippen LogP contribution in [0.1, 0.15) is 27.9 Å². The van der Waals surface area contributed by atoms with Gasteiger partial charge in [0.05, 0.1) is 19.9 Å². The summed E-state index contributed by atoms with van der Waals surface area (Å²) in [6.45, 7) is 0. The highest BCUT2D eigenvalue weighted by molar-refractivity contribution is 6.31. The van der Waals surface area contributed by atoms with Crippen molar-refractivity contribution < 1.29 is 19.1 Å². The van der Waals surface area contributed by atoms with Gasteiger partial charge < -0.3 is 14.8 Å². The van der Waals surface area contributed by atoms with Crippen LogP contribution in [0.15, 0.2) is 66.7 Å². The van der Waals surface area contributed by atoms with E-state index < -0.39 is 0 Å². The van der Waals surface area contributed by atoms with E-state index in [-0.39, 0.29) is 18.1 Å². The van der Waals surface area contributed by atoms with Crippen LogP contribution in [0.5, 0.6) is 11.5 Å². The largest absolute Gasteiger partial charge is 0.493 e. The Hall–Kier alpha value is -3.31. The third-order valence-corrected chi connectivity index (χ3v) is 4.86. The molecule has 0 aliphatic rings. The minimum Gasteiger partial charge on any atom is -0.493 e. The van der Waals surface area contributed by atoms with E-state index in [4.69, 9.17) is 21.1 Å². The molecule has 0 aliphatic carbocycles. The van der Waals surface area contributed by atoms with Gasteiger partial charge in [-0.3, -0.25) is 9.59 Å². The number of hydrogen-bond acceptors (Lipinski definition) is 4. The van der Waals surface area contributed by atoms with Crippen LogP contribution in [-0.2, 0) is 11.2 Å². The zero-order valence-electron chi connectivity index (χ0n) is 16.8. The second-order valence-corrected chi connectivity index (χ2v) is 7.06. The quantitative estimate of drug-likeness (QED) is 0.508. The zero-order valence-corrected chi connectivity index (χ0v) is 17.5. The van der Waals surface area contributed by atoms with Gasteiger partial charge in [-0.2, -0.15) is 0 Å². The molecule has 5 nitrogen and oxygen atoms in total. The van der Waals surface area contributed by atoms with E-state index >= 15 is 0 Å². The van der Waals surface area contributed by atoms with Gasteiger partial charge in [-0.25, -0.2) is 0 Å². The van der Waals surface area contributed by atoms with E-state index in [1.165, 1.54) is 0 Å². The number of ether oxygens (including phenoxy) is 2. The van der Waals surface area contributed by atoms with Gasteiger partial charge in [0, 0.05) is 22.6 Å². The lowest BCUT2D eigenvalue weighted by atomic mass is 10.0. The predicted molar refractivity (Wildman–Crippen MR) is 118 cm³/mol. The fourth-order valence-corrected chi connectivity index (χ4v) is 3.24. The number of halogens is 1. The number of methoxy groups -OCH3 is 2. The lowest BCUT2D eigenvalue weighted by Crippen LogP contribution is -2.15. The van der Waals surface area contributed by atoms with Gasteiger partial charge in [0.1, 0.15) is 0 Å². The number of carbonyl (C=O) groups is 2. The molecule has 30 heavy (non-hydrogen) atoms. The monoisotopic (exact) mass is 423 g/mol. The van der Waals surface area contributed by atoms with Crippen LogP contribution in [0, 0.1) is 0 Å². The fraction of sp³-hybridized carbons (Fsp3) is 0.167. The number of benzene rings is 3. The van der Waals surface area contributed by atoms with Crippen LogP contribution in [0.25, 0.3) is 0 Å². The summed E-state index contributed by atoms with van der Waals surface area (Å²) in [6, 6.07) is 19.3. The van der Waals surface area contributed by atoms with Crippen LogP contribution >= 0.6 is 11.6 Å². The van der Waals surface area contributed by atoms with Gasteiger partial charge in [-0.1, -0.05) is 48.0 Å². The van der Waals surface area contributed by atoms with E-state index in [0.29, 0.717) is 39.8 Å². The van der Waals surface area contributed by atoms with Gasteiger partial charge in [0.25, 0.3) is 0 Å². The molecule has 154 valence electrons. The molecule has 0 bridgehead atoms. The molecule has 0 aromatic heterocycles. The van der Waals surface area contributed by atoms with Crippen molar-refractivity contribution in [3.63, 3.8) is 0 Å². The average molecular weight is 424 g/mol. The molecule has 0 radical (unpaired) electrons. The second-order valence-electron chi connectivity index (χ2n) is 6.62. The molecule has 1 amide bonds. The first kappa shape index (κ1) is 21.4. The number of anilines is 1. The molecule has 0 fully saturated rings. The van der Waals surface area contributed by atoms with Crippen molar-refractivity contribution in [3.05, 3.63) is 88.4 Å². The van der Waals surface area contributed by atoms with Gasteiger partial charge in [-0.15, -0.1) is 0 Å². The molecular formula is C24H22ClNO4. The molecule has 0 atom stereocenters. The van der Waals surface area contributed by atoms with Crippen molar-refractivity contribution in [3.8, 4) is 11.5 Å². The van der Waals surface area contributed by atoms with Crippen LogP contribution in [0.4, 0.5) is 5.69 Å². The number of nitrogens with one attached hydrogen (secondary N) is 1. The highest BCUT2D eigenvalue weighted by Gasteiger charge is 2.16. The van der Waals surface area contributed by atoms with Crippen molar-refractivity contribution in [2.75, 3.05) is 19.5 Å². The number of amides is 1. The Morgan fingerprint density at radius 3 is 2.33 bits per heavy atom. The van der Waals surface area contributed by atoms with Gasteiger partial charge >= 0.3 is 0 Å². The van der Waals surface area contributed by atoms with E-state index in [1.54, 1.807) is 56.7 Å². The molecule has 0 unspecified atom stereocenters. The first-order valence-corrected chi connectivity index (χ1v) is 9.79. The number of aryl methyl sites for hydroxylation is 1. The van der Waals surface area contributed by atoms with E-state index in [1.807, 2.05) is 24.3 Å². The van der Waals surface area contributed by atoms with Crippen molar-refractivity contribution in [2.24, 2.45) is 0 Å². The van der Waals surface area contributed by atoms with Crippen molar-refractivity contribution in [1.82, 2.24) is 0 Å². The maximum absolute atomic E-state index is 12.9. The molecule has 0 aliphatic heterocycles. The summed E-state index contributed by atoms with van der Waals surface area (Å²) in [5, 5.41) is 3.26. The molecule has 0 saturated carbocycles. The maximum atomic E-state index is 12.9. The summed E-state index contributed by atoms with van der Waals surface area (Å²) in [5.41, 5.74) is 2.26. The predicted octanol–water partition coefficient (Wildman–Crippen LogP) is 5.16. The van der Waals surface area contributed by atoms with Crippen LogP contribution in [0.2, 0.25) is 5.02 Å². The van der Waals surface area contributed by atoms with Crippen molar-refractivity contribution in [2.45, 2.75) is 12.8 Å². The molecule has 3 aromatic rings. The summed E-state index contributed by atoms with van der Waals surface area (Å²) in [4.78, 5) is 25.4. The first-order valence-electron chi connectivity index (χ1n) is 9.42. The first-order chi connectivity index (χ1) is 14.5. The number of carbonyl (C=O) groups excluding carboxylic acids is 2. The standard InChI is InChI=1S/C24H22ClNO4/c1-29-21-12-8-16(14-22(21)30-2)9-13-23(27)26-20-11-10-18(25)15-19(20)24(28)17-6-4-3-5-7-17/h3-8,10-12,14-15H,9,13H2,1-2H3,(H,26,27). The summed E-state index contributed by atoms with van der Waals surface area (Å²) in [7, 11) is 3.14. The topological polar surface area (TPSA) is 64.6 Å². The summed E-state index contributed by atoms with van der Waals surface area (Å²) < 4.78 is 10.5. The Kier molecular flexibility index (Phi) is 7.09. The van der Waals surface area contributed by atoms with Crippen molar-refractivity contribution >= 4 is 29.0 Å². The third kappa shape index (κ3) is 5.19. The average Bonchev–Trinajstić information content (AvgIpc) is 2.78. The Bertz CT molecular complexity index is 1050. The van der Waals surface area contributed by atoms with Gasteiger partial charge in [-0.05, 0) is 42.3 Å². The third-order valence-electron chi connectivity index (χ3n) is 4.62. The molecule has 0 spiro atoms. The van der Waals surface area contributed by atoms with Gasteiger partial charge in [0.15, 0.2) is 17.3 Å². The Balaban J connectivity index is 1.72. The second kappa shape index (κ2) is 9.94. The van der Waals surface area contributed by atoms with E-state index in [0.717, 1.165) is 5.56 Å². The summed E-state index contributed by atoms with van der Waals surface area (Å²) in [5.74, 6) is 0.849. The highest BCUT2D eigenvalue weighted by atomic mass is 35.5. The fourth-order valence-electron chi connectivity index (χ4n) is 3.07. The lowest BCUT2D eigenvalue weighted by Gasteiger charge is -2.12. The molecule has 1 N–H and O–H groups in total. The Morgan fingerprint density at radius 1 is 0.900 bits per heavy atom. The lowest BCUT2D eigenvalue weighted by molar-refractivity contribution is -0.116. The Labute approximate surface area is 180 Å². The minimum absolute atomic E-state index is 0.200. The Morgan fingerprint density at radius 2 is 1.63 bits per heavy atom. The van der Waals surface area contributed by atoms with Crippen LogP contribution in [0.3, 0.4) is 0 Å². The minimum atomic E-state index is -0.201.